The summed E-state index contributed by atoms with van der Waals surface area (Å²) in [6, 6.07) is 0. The zero-order valence-corrected chi connectivity index (χ0v) is 45.8. The number of quaternary nitrogens is 1. The molecule has 0 spiro atoms. The summed E-state index contributed by atoms with van der Waals surface area (Å²) in [6.45, 7) is 27.1. The Labute approximate surface area is 423 Å². The van der Waals surface area contributed by atoms with Crippen LogP contribution in [0.25, 0.3) is 11.1 Å². The van der Waals surface area contributed by atoms with E-state index in [4.69, 9.17) is 0 Å². The van der Waals surface area contributed by atoms with Gasteiger partial charge in [-0.05, 0) is 25.7 Å². The highest BCUT2D eigenvalue weighted by atomic mass is 27.2. The maximum atomic E-state index is 13.9. The highest BCUT2D eigenvalue weighted by molar-refractivity contribution is 6.80. The predicted molar refractivity (Wildman–Crippen MR) is 262 cm³/mol. The fraction of sp³-hybridized carbons (Fsp3) is 0.778. The van der Waals surface area contributed by atoms with E-state index in [1.165, 1.54) is 135 Å². The van der Waals surface area contributed by atoms with Crippen molar-refractivity contribution in [3.8, 4) is 11.1 Å². The monoisotopic (exact) mass is 1080 g/mol. The molecule has 0 saturated carbocycles. The highest BCUT2D eigenvalue weighted by Crippen LogP contribution is 2.54. The average molecular weight is 1080 g/mol. The lowest BCUT2D eigenvalue weighted by atomic mass is 9.88. The van der Waals surface area contributed by atoms with Crippen molar-refractivity contribution in [2.45, 2.75) is 231 Å². The van der Waals surface area contributed by atoms with Crippen LogP contribution in [0.1, 0.15) is 202 Å². The van der Waals surface area contributed by atoms with Gasteiger partial charge in [0.25, 0.3) is 0 Å². The Morgan fingerprint density at radius 1 is 0.361 bits per heavy atom. The smallest absolute Gasteiger partial charge is 0.346 e. The van der Waals surface area contributed by atoms with Crippen LogP contribution in [-0.2, 0) is 12.1 Å². The van der Waals surface area contributed by atoms with Gasteiger partial charge in [0.05, 0.1) is 24.2 Å². The normalized spacial score (nSPS) is 14.8. The van der Waals surface area contributed by atoms with E-state index in [-0.39, 0.29) is 0 Å². The van der Waals surface area contributed by atoms with Crippen molar-refractivity contribution < 1.29 is 75.6 Å². The Balaban J connectivity index is 0.00000111. The van der Waals surface area contributed by atoms with Crippen molar-refractivity contribution in [1.29, 1.82) is 0 Å². The van der Waals surface area contributed by atoms with Gasteiger partial charge < -0.3 is 5.32 Å². The first-order chi connectivity index (χ1) is 33.5. The van der Waals surface area contributed by atoms with Gasteiger partial charge in [0.1, 0.15) is 18.6 Å². The summed E-state index contributed by atoms with van der Waals surface area (Å²) in [6.07, 6.45) is 13.3. The summed E-state index contributed by atoms with van der Waals surface area (Å²) in [4.78, 5) is 0. The van der Waals surface area contributed by atoms with Gasteiger partial charge in [0.15, 0.2) is 40.7 Å². The van der Waals surface area contributed by atoms with Gasteiger partial charge >= 0.3 is 18.3 Å². The Hall–Kier alpha value is -2.19. The van der Waals surface area contributed by atoms with Crippen molar-refractivity contribution in [2.75, 3.05) is 13.1 Å². The zero-order chi connectivity index (χ0) is 55.6. The molecule has 72 heavy (non-hydrogen) atoms. The van der Waals surface area contributed by atoms with E-state index in [1.54, 1.807) is 21.1 Å². The second kappa shape index (κ2) is 34.5. The Kier molecular flexibility index (Phi) is 33.4. The van der Waals surface area contributed by atoms with Gasteiger partial charge in [-0.25, -0.2) is 35.1 Å². The molecule has 4 unspecified atom stereocenters. The van der Waals surface area contributed by atoms with E-state index in [2.05, 4.69) is 74.6 Å². The van der Waals surface area contributed by atoms with E-state index in [1.807, 2.05) is 0 Å². The first-order valence-corrected chi connectivity index (χ1v) is 30.1. The molecule has 2 rings (SSSR count). The molecule has 0 aliphatic heterocycles. The van der Waals surface area contributed by atoms with Crippen LogP contribution >= 0.6 is 0 Å². The van der Waals surface area contributed by atoms with Crippen molar-refractivity contribution in [1.82, 2.24) is 0 Å². The Bertz CT molecular complexity index is 1710. The van der Waals surface area contributed by atoms with E-state index < -0.39 is 100 Å². The summed E-state index contributed by atoms with van der Waals surface area (Å²) in [7, 11) is 0. The molecule has 0 aromatic heterocycles. The molecule has 0 heterocycles. The minimum absolute atomic E-state index is 0.964. The zero-order valence-electron chi connectivity index (χ0n) is 44.7. The van der Waals surface area contributed by atoms with Gasteiger partial charge in [-0.15, -0.1) is 0 Å². The summed E-state index contributed by atoms with van der Waals surface area (Å²) < 4.78 is 214. The fourth-order valence-electron chi connectivity index (χ4n) is 11.0. The predicted octanol–water partition coefficient (Wildman–Crippen LogP) is 20.2. The molecule has 0 saturated heterocycles. The standard InChI is InChI=1S/C15F16.C15H33N.4C6H13.Al/c16-5-2(6(17)10(21)12(23)9(5)20)1-3(13(24,25)15(29,30)31)7(18)11(22)8(19)4(1)14(26,27)28;1-3-5-7-9-10-11-13-15-16-14-12-8-6-4-2;4*1-4-5-6(2)3;/h;16H,3-15H2,1-2H3;4*6H,2,4-5H2,1,3H3;/q;;;;;;-1/p+1. The van der Waals surface area contributed by atoms with Crippen molar-refractivity contribution in [3.63, 3.8) is 0 Å². The van der Waals surface area contributed by atoms with Gasteiger partial charge in [0, 0.05) is 5.56 Å². The third kappa shape index (κ3) is 22.6. The molecule has 0 amide bonds. The first-order valence-electron chi connectivity index (χ1n) is 26.8. The molecule has 18 heteroatoms. The van der Waals surface area contributed by atoms with Crippen molar-refractivity contribution in [3.05, 3.63) is 57.7 Å². The Morgan fingerprint density at radius 2 is 0.653 bits per heavy atom. The molecule has 0 aliphatic carbocycles. The molecule has 422 valence electrons. The molecule has 2 N–H and O–H groups in total. The Morgan fingerprint density at radius 3 is 0.972 bits per heavy atom. The molecule has 0 fully saturated rings. The average Bonchev–Trinajstić information content (AvgIpc) is 3.27. The molecule has 1 nitrogen and oxygen atoms in total. The maximum Gasteiger partial charge on any atom is 0.458 e. The number of alkyl halides is 8. The number of halogens is 16. The van der Waals surface area contributed by atoms with Crippen LogP contribution in [-0.4, -0.2) is 32.3 Å². The van der Waals surface area contributed by atoms with E-state index >= 15 is 0 Å². The van der Waals surface area contributed by atoms with E-state index in [0.29, 0.717) is 0 Å². The van der Waals surface area contributed by atoms with Crippen LogP contribution in [0.3, 0.4) is 0 Å². The molecular weight excluding hydrogens is 994 g/mol. The van der Waals surface area contributed by atoms with Gasteiger partial charge in [-0.3, -0.25) is 0 Å². The molecule has 2 aromatic carbocycles. The summed E-state index contributed by atoms with van der Waals surface area (Å²) in [5.74, 6) is -30.3. The molecule has 0 aliphatic rings. The van der Waals surface area contributed by atoms with Crippen LogP contribution in [0.2, 0.25) is 21.1 Å². The number of hydrogen-bond donors (Lipinski definition) is 1. The highest BCUT2D eigenvalue weighted by Gasteiger charge is 2.63. The van der Waals surface area contributed by atoms with Gasteiger partial charge in [0.2, 0.25) is 5.82 Å². The fourth-order valence-corrected chi connectivity index (χ4v) is 19.9. The molecule has 2 aromatic rings. The van der Waals surface area contributed by atoms with Gasteiger partial charge in [-0.1, -0.05) is 189 Å². The van der Waals surface area contributed by atoms with Crippen LogP contribution < -0.4 is 5.32 Å². The second-order valence-corrected chi connectivity index (χ2v) is 26.2. The topological polar surface area (TPSA) is 16.6 Å². The largest absolute Gasteiger partial charge is 0.458 e. The van der Waals surface area contributed by atoms with E-state index in [0.717, 1.165) is 23.7 Å². The number of nitrogens with two attached hydrogens (primary N) is 1. The van der Waals surface area contributed by atoms with E-state index in [9.17, 15) is 70.2 Å². The second-order valence-electron chi connectivity index (χ2n) is 20.9. The summed E-state index contributed by atoms with van der Waals surface area (Å²) in [5, 5.41) is 9.06. The third-order valence-corrected chi connectivity index (χ3v) is 21.0. The molecular formula is C54H86AlF16N. The van der Waals surface area contributed by atoms with Gasteiger partial charge in [-0.2, -0.15) is 56.3 Å². The molecule has 4 atom stereocenters. The lowest BCUT2D eigenvalue weighted by Gasteiger charge is -2.44. The lowest BCUT2D eigenvalue weighted by molar-refractivity contribution is -0.655. The SMILES string of the molecule is CCCC(C)[CH2][Al-]([CH2]C(C)CCC)([CH2]C(C)CCC)[CH2]C(C)CCC.CCCCCCCCC[NH2+]CCCCCC.Fc1c(F)c(F)c(-c2c(C(F)(F)F)c(F)c(F)c(F)c2C(F)(F)C(F)(F)F)c(F)c1F. The number of benzene rings is 2. The summed E-state index contributed by atoms with van der Waals surface area (Å²) >= 11 is -1.55. The van der Waals surface area contributed by atoms with Crippen LogP contribution in [0.4, 0.5) is 70.2 Å². The quantitative estimate of drug-likeness (QED) is 0.0255. The minimum Gasteiger partial charge on any atom is -0.346 e. The van der Waals surface area contributed by atoms with Crippen LogP contribution in [0.5, 0.6) is 0 Å². The number of rotatable bonds is 31. The van der Waals surface area contributed by atoms with Crippen LogP contribution in [0, 0.1) is 70.2 Å². The molecule has 0 bridgehead atoms. The van der Waals surface area contributed by atoms with Crippen molar-refractivity contribution >= 4 is 13.1 Å². The van der Waals surface area contributed by atoms with Crippen molar-refractivity contribution in [2.24, 2.45) is 23.7 Å². The first kappa shape index (κ1) is 69.8. The maximum absolute atomic E-state index is 13.9. The third-order valence-electron chi connectivity index (χ3n) is 13.7. The molecule has 0 radical (unpaired) electrons. The van der Waals surface area contributed by atoms with Crippen LogP contribution in [0.15, 0.2) is 0 Å². The minimum atomic E-state index is -7.10. The number of unbranched alkanes of at least 4 members (excludes halogenated alkanes) is 9. The summed E-state index contributed by atoms with van der Waals surface area (Å²) in [5.41, 5.74) is -14.2. The lowest BCUT2D eigenvalue weighted by Crippen LogP contribution is -2.84. The number of hydrogen-bond acceptors (Lipinski definition) is 0.